The fourth-order valence-electron chi connectivity index (χ4n) is 1.95. The summed E-state index contributed by atoms with van der Waals surface area (Å²) in [5.74, 6) is -2.47. The van der Waals surface area contributed by atoms with Gasteiger partial charge >= 0.3 is 11.9 Å². The smallest absolute Gasteiger partial charge is 0.333 e. The van der Waals surface area contributed by atoms with Crippen LogP contribution in [0.1, 0.15) is 47.5 Å². The molecule has 2 atom stereocenters. The van der Waals surface area contributed by atoms with Gasteiger partial charge in [-0.1, -0.05) is 0 Å². The zero-order valence-electron chi connectivity index (χ0n) is 12.1. The molecule has 0 aromatic heterocycles. The number of rotatable bonds is 3. The number of hydrogen-bond acceptors (Lipinski definition) is 5. The number of carboxylic acids is 1. The van der Waals surface area contributed by atoms with Crippen molar-refractivity contribution in [2.75, 3.05) is 0 Å². The van der Waals surface area contributed by atoms with Crippen molar-refractivity contribution in [3.8, 4) is 0 Å². The van der Waals surface area contributed by atoms with Crippen LogP contribution >= 0.6 is 0 Å². The maximum atomic E-state index is 11.7. The Morgan fingerprint density at radius 2 is 1.89 bits per heavy atom. The molecular weight excluding hydrogens is 252 g/mol. The van der Waals surface area contributed by atoms with Crippen LogP contribution in [0, 0.1) is 0 Å². The lowest BCUT2D eigenvalue weighted by Gasteiger charge is -2.39. The summed E-state index contributed by atoms with van der Waals surface area (Å²) in [6, 6.07) is 0. The van der Waals surface area contributed by atoms with E-state index in [0.29, 0.717) is 0 Å². The average Bonchev–Trinajstić information content (AvgIpc) is 2.10. The first kappa shape index (κ1) is 15.9. The van der Waals surface area contributed by atoms with Crippen molar-refractivity contribution in [2.45, 2.75) is 71.1 Å². The zero-order valence-corrected chi connectivity index (χ0v) is 12.1. The fraction of sp³-hybridized carbons (Fsp3) is 0.846. The molecule has 1 aliphatic rings. The number of carbonyl (C=O) groups excluding carboxylic acids is 1. The van der Waals surface area contributed by atoms with Crippen LogP contribution in [-0.2, 0) is 23.8 Å². The second-order valence-corrected chi connectivity index (χ2v) is 6.11. The third-order valence-electron chi connectivity index (χ3n) is 2.44. The van der Waals surface area contributed by atoms with Gasteiger partial charge in [-0.05, 0) is 34.6 Å². The minimum absolute atomic E-state index is 0.0217. The monoisotopic (exact) mass is 274 g/mol. The average molecular weight is 274 g/mol. The number of esters is 1. The molecule has 0 saturated carbocycles. The first-order chi connectivity index (χ1) is 8.48. The fourth-order valence-corrected chi connectivity index (χ4v) is 1.95. The number of ether oxygens (including phenoxy) is 3. The highest BCUT2D eigenvalue weighted by Crippen LogP contribution is 2.29. The second kappa shape index (κ2) is 5.46. The maximum absolute atomic E-state index is 11.7. The Morgan fingerprint density at radius 1 is 1.32 bits per heavy atom. The molecule has 0 aliphatic carbocycles. The molecule has 0 radical (unpaired) electrons. The van der Waals surface area contributed by atoms with Crippen LogP contribution in [0.3, 0.4) is 0 Å². The summed E-state index contributed by atoms with van der Waals surface area (Å²) in [6.45, 7) is 8.59. The van der Waals surface area contributed by atoms with Crippen molar-refractivity contribution in [3.63, 3.8) is 0 Å². The van der Waals surface area contributed by atoms with Crippen LogP contribution in [0.15, 0.2) is 0 Å². The predicted octanol–water partition coefficient (Wildman–Crippen LogP) is 1.71. The molecule has 1 rings (SSSR count). The Morgan fingerprint density at radius 3 is 2.37 bits per heavy atom. The molecule has 0 spiro atoms. The van der Waals surface area contributed by atoms with Gasteiger partial charge in [-0.25, -0.2) is 4.79 Å². The van der Waals surface area contributed by atoms with Crippen LogP contribution in [0.4, 0.5) is 0 Å². The molecule has 110 valence electrons. The second-order valence-electron chi connectivity index (χ2n) is 6.11. The summed E-state index contributed by atoms with van der Waals surface area (Å²) < 4.78 is 16.0. The summed E-state index contributed by atoms with van der Waals surface area (Å²) in [5, 5.41) is 9.01. The van der Waals surface area contributed by atoms with E-state index in [-0.39, 0.29) is 12.8 Å². The highest BCUT2D eigenvalue weighted by atomic mass is 16.7. The lowest BCUT2D eigenvalue weighted by atomic mass is 10.1. The molecule has 1 heterocycles. The van der Waals surface area contributed by atoms with Gasteiger partial charge in [-0.3, -0.25) is 4.79 Å². The molecule has 19 heavy (non-hydrogen) atoms. The van der Waals surface area contributed by atoms with Gasteiger partial charge in [0.2, 0.25) is 0 Å². The first-order valence-electron chi connectivity index (χ1n) is 6.29. The van der Waals surface area contributed by atoms with Gasteiger partial charge in [0.15, 0.2) is 11.9 Å². The highest BCUT2D eigenvalue weighted by molar-refractivity contribution is 5.73. The molecule has 6 nitrogen and oxygen atoms in total. The van der Waals surface area contributed by atoms with Crippen molar-refractivity contribution in [3.05, 3.63) is 0 Å². The largest absolute Gasteiger partial charge is 0.479 e. The van der Waals surface area contributed by atoms with E-state index < -0.39 is 35.5 Å². The minimum atomic E-state index is -1.05. The van der Waals surface area contributed by atoms with Crippen LogP contribution < -0.4 is 0 Å². The molecular formula is C13H22O6. The summed E-state index contributed by atoms with van der Waals surface area (Å²) in [5.41, 5.74) is -0.566. The third-order valence-corrected chi connectivity index (χ3v) is 2.44. The van der Waals surface area contributed by atoms with Gasteiger partial charge in [0, 0.05) is 6.42 Å². The molecule has 6 heteroatoms. The molecule has 1 aliphatic heterocycles. The van der Waals surface area contributed by atoms with Crippen LogP contribution in [0.25, 0.3) is 0 Å². The standard InChI is InChI=1S/C13H22O6/c1-12(2,3)19-10(14)7-8-6-9(11(15)16)18-13(4,5)17-8/h8-9H,6-7H2,1-5H3,(H,15,16). The van der Waals surface area contributed by atoms with E-state index in [1.54, 1.807) is 34.6 Å². The summed E-state index contributed by atoms with van der Waals surface area (Å²) in [4.78, 5) is 22.7. The Balaban J connectivity index is 2.62. The minimum Gasteiger partial charge on any atom is -0.479 e. The van der Waals surface area contributed by atoms with Crippen LogP contribution in [-0.4, -0.2) is 40.6 Å². The van der Waals surface area contributed by atoms with E-state index in [1.165, 1.54) is 0 Å². The van der Waals surface area contributed by atoms with Gasteiger partial charge < -0.3 is 19.3 Å². The lowest BCUT2D eigenvalue weighted by Crippen LogP contribution is -2.48. The molecule has 2 unspecified atom stereocenters. The topological polar surface area (TPSA) is 82.1 Å². The highest BCUT2D eigenvalue weighted by Gasteiger charge is 2.40. The van der Waals surface area contributed by atoms with Crippen molar-refractivity contribution in [2.24, 2.45) is 0 Å². The van der Waals surface area contributed by atoms with Crippen molar-refractivity contribution >= 4 is 11.9 Å². The van der Waals surface area contributed by atoms with Gasteiger partial charge in [0.25, 0.3) is 0 Å². The van der Waals surface area contributed by atoms with Gasteiger partial charge in [0.05, 0.1) is 12.5 Å². The Labute approximate surface area is 113 Å². The third kappa shape index (κ3) is 5.57. The van der Waals surface area contributed by atoms with Crippen LogP contribution in [0.2, 0.25) is 0 Å². The van der Waals surface area contributed by atoms with Gasteiger partial charge in [0.1, 0.15) is 5.60 Å². The maximum Gasteiger partial charge on any atom is 0.333 e. The molecule has 0 aromatic rings. The molecule has 0 bridgehead atoms. The molecule has 1 fully saturated rings. The number of carbonyl (C=O) groups is 2. The Bertz CT molecular complexity index is 355. The zero-order chi connectivity index (χ0) is 14.8. The Kier molecular flexibility index (Phi) is 4.58. The van der Waals surface area contributed by atoms with E-state index in [4.69, 9.17) is 19.3 Å². The molecule has 0 amide bonds. The molecule has 1 N–H and O–H groups in total. The number of aliphatic carboxylic acids is 1. The van der Waals surface area contributed by atoms with E-state index >= 15 is 0 Å². The van der Waals surface area contributed by atoms with E-state index in [9.17, 15) is 9.59 Å². The van der Waals surface area contributed by atoms with Crippen molar-refractivity contribution in [1.29, 1.82) is 0 Å². The predicted molar refractivity (Wildman–Crippen MR) is 66.5 cm³/mol. The molecule has 0 aromatic carbocycles. The number of hydrogen-bond donors (Lipinski definition) is 1. The molecule has 1 saturated heterocycles. The quantitative estimate of drug-likeness (QED) is 0.789. The van der Waals surface area contributed by atoms with Gasteiger partial charge in [-0.2, -0.15) is 0 Å². The first-order valence-corrected chi connectivity index (χ1v) is 6.29. The van der Waals surface area contributed by atoms with Gasteiger partial charge in [-0.15, -0.1) is 0 Å². The van der Waals surface area contributed by atoms with Crippen molar-refractivity contribution < 1.29 is 28.9 Å². The van der Waals surface area contributed by atoms with Crippen LogP contribution in [0.5, 0.6) is 0 Å². The van der Waals surface area contributed by atoms with E-state index in [0.717, 1.165) is 0 Å². The summed E-state index contributed by atoms with van der Waals surface area (Å²) in [7, 11) is 0. The van der Waals surface area contributed by atoms with E-state index in [2.05, 4.69) is 0 Å². The summed E-state index contributed by atoms with van der Waals surface area (Å²) >= 11 is 0. The van der Waals surface area contributed by atoms with Crippen molar-refractivity contribution in [1.82, 2.24) is 0 Å². The Hall–Kier alpha value is -1.14. The lowest BCUT2D eigenvalue weighted by molar-refractivity contribution is -0.297. The normalized spacial score (nSPS) is 26.8. The SMILES string of the molecule is CC(C)(C)OC(=O)CC1CC(C(=O)O)OC(C)(C)O1. The number of carboxylic acid groups (broad SMARTS) is 1. The van der Waals surface area contributed by atoms with E-state index in [1.807, 2.05) is 0 Å². The summed E-state index contributed by atoms with van der Waals surface area (Å²) in [6.07, 6.45) is -1.32.